The second-order valence-electron chi connectivity index (χ2n) is 12.2. The molecule has 1 atom stereocenters. The number of fused-ring (bicyclic) bond motifs is 5. The van der Waals surface area contributed by atoms with Crippen molar-refractivity contribution >= 4 is 40.0 Å². The molecule has 5 aromatic rings. The molecule has 0 radical (unpaired) electrons. The van der Waals surface area contributed by atoms with Gasteiger partial charge in [-0.05, 0) is 80.8 Å². The van der Waals surface area contributed by atoms with Crippen LogP contribution in [0.1, 0.15) is 65.3 Å². The lowest BCUT2D eigenvalue weighted by Gasteiger charge is -2.30. The minimum atomic E-state index is -0.416. The molecule has 1 unspecified atom stereocenters. The average molecular weight is 614 g/mol. The van der Waals surface area contributed by atoms with Crippen molar-refractivity contribution in [1.29, 1.82) is 0 Å². The number of amides is 3. The predicted molar refractivity (Wildman–Crippen MR) is 177 cm³/mol. The van der Waals surface area contributed by atoms with E-state index in [0.29, 0.717) is 35.9 Å². The number of pyridine rings is 2. The number of benzene rings is 2. The second-order valence-corrected chi connectivity index (χ2v) is 12.2. The molecule has 2 aliphatic heterocycles. The van der Waals surface area contributed by atoms with Gasteiger partial charge < -0.3 is 15.5 Å². The van der Waals surface area contributed by atoms with E-state index in [1.54, 1.807) is 12.3 Å². The smallest absolute Gasteiger partial charge is 0.324 e. The summed E-state index contributed by atoms with van der Waals surface area (Å²) in [5.74, 6) is 0.440. The summed E-state index contributed by atoms with van der Waals surface area (Å²) >= 11 is 0. The zero-order valence-electron chi connectivity index (χ0n) is 25.5. The number of hydrogen-bond acceptors (Lipinski definition) is 7. The van der Waals surface area contributed by atoms with Crippen LogP contribution in [0.4, 0.5) is 22.0 Å². The van der Waals surface area contributed by atoms with Crippen LogP contribution in [0.3, 0.4) is 0 Å². The number of urea groups is 1. The van der Waals surface area contributed by atoms with Gasteiger partial charge in [0.1, 0.15) is 11.5 Å². The van der Waals surface area contributed by atoms with E-state index in [2.05, 4.69) is 49.4 Å². The second kappa shape index (κ2) is 11.9. The van der Waals surface area contributed by atoms with Crippen LogP contribution in [0.15, 0.2) is 67.0 Å². The van der Waals surface area contributed by atoms with Gasteiger partial charge in [-0.3, -0.25) is 19.8 Å². The van der Waals surface area contributed by atoms with Crippen molar-refractivity contribution in [3.8, 4) is 11.3 Å². The van der Waals surface area contributed by atoms with Gasteiger partial charge in [-0.1, -0.05) is 29.5 Å². The number of anilines is 3. The summed E-state index contributed by atoms with van der Waals surface area (Å²) in [6.45, 7) is 2.09. The number of nitrogens with one attached hydrogen (secondary N) is 3. The number of hydrogen-bond donors (Lipinski definition) is 3. The number of piperidine rings is 1. The van der Waals surface area contributed by atoms with Crippen LogP contribution >= 0.6 is 0 Å². The molecular formula is C35H35N9O2. The first kappa shape index (κ1) is 28.2. The summed E-state index contributed by atoms with van der Waals surface area (Å²) in [5.41, 5.74) is 8.50. The van der Waals surface area contributed by atoms with Crippen molar-refractivity contribution in [1.82, 2.24) is 29.9 Å². The third-order valence-electron chi connectivity index (χ3n) is 9.33. The van der Waals surface area contributed by atoms with Gasteiger partial charge in [0.2, 0.25) is 0 Å². The highest BCUT2D eigenvalue weighted by atomic mass is 16.2. The topological polar surface area (TPSA) is 130 Å². The molecule has 1 fully saturated rings. The lowest BCUT2D eigenvalue weighted by atomic mass is 9.92. The lowest BCUT2D eigenvalue weighted by molar-refractivity contribution is 0.0672. The summed E-state index contributed by atoms with van der Waals surface area (Å²) in [7, 11) is 0. The first-order chi connectivity index (χ1) is 22.6. The highest BCUT2D eigenvalue weighted by Crippen LogP contribution is 2.43. The van der Waals surface area contributed by atoms with Gasteiger partial charge >= 0.3 is 6.03 Å². The lowest BCUT2D eigenvalue weighted by Crippen LogP contribution is -2.32. The van der Waals surface area contributed by atoms with Gasteiger partial charge in [-0.25, -0.2) is 9.78 Å². The Morgan fingerprint density at radius 1 is 0.978 bits per heavy atom. The molecule has 3 aromatic heterocycles. The highest BCUT2D eigenvalue weighted by molar-refractivity contribution is 6.05. The quantitative estimate of drug-likeness (QED) is 0.199. The van der Waals surface area contributed by atoms with Gasteiger partial charge in [0.15, 0.2) is 0 Å². The fraction of sp³-hybridized carbons (Fsp3) is 0.314. The molecule has 11 nitrogen and oxygen atoms in total. The number of aryl methyl sites for hydroxylation is 1. The SMILES string of the molecule is O=C(Nc1cc(-c2cn(CCNc3c4c(nc5ccccc35)CCCC4)nn2)ccn1)Nc1cccc2c1C1CCCCN1C2=O. The third kappa shape index (κ3) is 5.21. The summed E-state index contributed by atoms with van der Waals surface area (Å²) in [6.07, 6.45) is 11.0. The number of carbonyl (C=O) groups is 2. The van der Waals surface area contributed by atoms with Crippen LogP contribution in [0.25, 0.3) is 22.2 Å². The highest BCUT2D eigenvalue weighted by Gasteiger charge is 2.39. The molecule has 8 rings (SSSR count). The van der Waals surface area contributed by atoms with Crippen LogP contribution in [0, 0.1) is 0 Å². The largest absolute Gasteiger partial charge is 0.382 e. The van der Waals surface area contributed by atoms with E-state index >= 15 is 0 Å². The first-order valence-electron chi connectivity index (χ1n) is 16.2. The summed E-state index contributed by atoms with van der Waals surface area (Å²) in [4.78, 5) is 37.2. The van der Waals surface area contributed by atoms with Crippen molar-refractivity contribution in [3.05, 3.63) is 89.4 Å². The standard InChI is InChI=1S/C35H35N9O2/c45-34-25-10-7-13-28(32(25)30-14-5-6-18-44(30)34)39-35(46)40-31-20-22(15-16-36-31)29-21-43(42-41-29)19-17-37-33-23-8-1-3-11-26(23)38-27-12-4-2-9-24(27)33/h1,3,7-8,10-11,13,15-16,20-21,30H,2,4-6,9,12,14,17-19H2,(H,37,38)(H2,36,39,40,46). The fourth-order valence-corrected chi connectivity index (χ4v) is 7.19. The Labute approximate surface area is 266 Å². The Morgan fingerprint density at radius 3 is 2.85 bits per heavy atom. The maximum absolute atomic E-state index is 13.1. The molecule has 3 N–H and O–H groups in total. The molecule has 0 saturated carbocycles. The van der Waals surface area contributed by atoms with Crippen molar-refractivity contribution < 1.29 is 9.59 Å². The van der Waals surface area contributed by atoms with Crippen molar-refractivity contribution in [3.63, 3.8) is 0 Å². The van der Waals surface area contributed by atoms with Crippen molar-refractivity contribution in [2.24, 2.45) is 0 Å². The number of nitrogens with zero attached hydrogens (tertiary/aromatic N) is 6. The Morgan fingerprint density at radius 2 is 1.89 bits per heavy atom. The molecule has 5 heterocycles. The zero-order chi connectivity index (χ0) is 31.0. The van der Waals surface area contributed by atoms with Gasteiger partial charge in [0, 0.05) is 58.4 Å². The van der Waals surface area contributed by atoms with Crippen LogP contribution in [-0.4, -0.2) is 54.9 Å². The zero-order valence-corrected chi connectivity index (χ0v) is 25.5. The van der Waals surface area contributed by atoms with Gasteiger partial charge in [0.25, 0.3) is 5.91 Å². The monoisotopic (exact) mass is 613 g/mol. The number of carbonyl (C=O) groups excluding carboxylic acids is 2. The summed E-state index contributed by atoms with van der Waals surface area (Å²) < 4.78 is 1.82. The van der Waals surface area contributed by atoms with E-state index in [1.165, 1.54) is 29.8 Å². The fourth-order valence-electron chi connectivity index (χ4n) is 7.19. The molecule has 11 heteroatoms. The van der Waals surface area contributed by atoms with Crippen LogP contribution < -0.4 is 16.0 Å². The maximum atomic E-state index is 13.1. The minimum Gasteiger partial charge on any atom is -0.382 e. The summed E-state index contributed by atoms with van der Waals surface area (Å²) in [6, 6.07) is 17.1. The number of para-hydroxylation sites is 1. The van der Waals surface area contributed by atoms with E-state index < -0.39 is 6.03 Å². The Bertz CT molecular complexity index is 1970. The molecule has 2 aromatic carbocycles. The average Bonchev–Trinajstić information content (AvgIpc) is 3.68. The van der Waals surface area contributed by atoms with Gasteiger partial charge in [0.05, 0.1) is 24.3 Å². The molecule has 3 aliphatic rings. The molecular weight excluding hydrogens is 578 g/mol. The van der Waals surface area contributed by atoms with E-state index in [-0.39, 0.29) is 11.9 Å². The first-order valence-corrected chi connectivity index (χ1v) is 16.2. The molecule has 1 saturated heterocycles. The molecule has 46 heavy (non-hydrogen) atoms. The van der Waals surface area contributed by atoms with Gasteiger partial charge in [-0.2, -0.15) is 0 Å². The molecule has 1 aliphatic carbocycles. The van der Waals surface area contributed by atoms with E-state index in [4.69, 9.17) is 4.98 Å². The molecule has 0 bridgehead atoms. The summed E-state index contributed by atoms with van der Waals surface area (Å²) in [5, 5.41) is 19.4. The molecule has 0 spiro atoms. The van der Waals surface area contributed by atoms with Crippen molar-refractivity contribution in [2.75, 3.05) is 29.0 Å². The van der Waals surface area contributed by atoms with E-state index in [1.807, 2.05) is 46.1 Å². The Hall–Kier alpha value is -5.32. The van der Waals surface area contributed by atoms with Crippen LogP contribution in [0.5, 0.6) is 0 Å². The van der Waals surface area contributed by atoms with Gasteiger partial charge in [-0.15, -0.1) is 5.10 Å². The maximum Gasteiger partial charge on any atom is 0.324 e. The third-order valence-corrected chi connectivity index (χ3v) is 9.33. The molecule has 3 amide bonds. The normalized spacial score (nSPS) is 16.9. The number of aromatic nitrogens is 5. The van der Waals surface area contributed by atoms with Crippen molar-refractivity contribution in [2.45, 2.75) is 57.5 Å². The van der Waals surface area contributed by atoms with Crippen LogP contribution in [-0.2, 0) is 19.4 Å². The minimum absolute atomic E-state index is 0.0152. The van der Waals surface area contributed by atoms with Crippen LogP contribution in [0.2, 0.25) is 0 Å². The van der Waals surface area contributed by atoms with E-state index in [0.717, 1.165) is 60.7 Å². The van der Waals surface area contributed by atoms with E-state index in [9.17, 15) is 9.59 Å². The Balaban J connectivity index is 0.931. The predicted octanol–water partition coefficient (Wildman–Crippen LogP) is 6.20. The molecule has 232 valence electrons. The Kier molecular flexibility index (Phi) is 7.28. The number of rotatable bonds is 7.